The molecule has 1 aromatic heterocycles. The van der Waals surface area contributed by atoms with Crippen LogP contribution < -0.4 is 5.32 Å². The first-order valence-electron chi connectivity index (χ1n) is 11.8. The lowest BCUT2D eigenvalue weighted by molar-refractivity contribution is -0.139. The minimum Gasteiger partial charge on any atom is -0.349 e. The Morgan fingerprint density at radius 3 is 2.38 bits per heavy atom. The van der Waals surface area contributed by atoms with E-state index in [0.29, 0.717) is 31.4 Å². The van der Waals surface area contributed by atoms with Crippen molar-refractivity contribution < 1.29 is 9.59 Å². The first kappa shape index (κ1) is 23.6. The first-order chi connectivity index (χ1) is 16.3. The number of amides is 2. The summed E-state index contributed by atoms with van der Waals surface area (Å²) in [7, 11) is 0. The van der Waals surface area contributed by atoms with Crippen LogP contribution in [0.2, 0.25) is 0 Å². The number of aryl methyl sites for hydroxylation is 2. The fourth-order valence-electron chi connectivity index (χ4n) is 5.18. The van der Waals surface area contributed by atoms with Gasteiger partial charge in [-0.1, -0.05) is 59.7 Å². The molecule has 2 heterocycles. The van der Waals surface area contributed by atoms with E-state index >= 15 is 0 Å². The summed E-state index contributed by atoms with van der Waals surface area (Å²) in [6.07, 6.45) is 6.96. The molecule has 2 unspecified atom stereocenters. The summed E-state index contributed by atoms with van der Waals surface area (Å²) in [5.41, 5.74) is 4.67. The molecule has 34 heavy (non-hydrogen) atoms. The Morgan fingerprint density at radius 2 is 1.71 bits per heavy atom. The van der Waals surface area contributed by atoms with Gasteiger partial charge in [-0.3, -0.25) is 9.59 Å². The molecular weight excluding hydrogens is 424 g/mol. The highest BCUT2D eigenvalue weighted by Gasteiger charge is 2.41. The lowest BCUT2D eigenvalue weighted by atomic mass is 9.79. The maximum Gasteiger partial charge on any atom is 0.254 e. The van der Waals surface area contributed by atoms with Crippen LogP contribution in [-0.2, 0) is 17.6 Å². The highest BCUT2D eigenvalue weighted by molar-refractivity contribution is 5.93. The van der Waals surface area contributed by atoms with Crippen LogP contribution in [-0.4, -0.2) is 44.8 Å². The molecule has 176 valence electrons. The second-order valence-corrected chi connectivity index (χ2v) is 9.67. The quantitative estimate of drug-likeness (QED) is 0.607. The van der Waals surface area contributed by atoms with Crippen molar-refractivity contribution in [3.8, 4) is 0 Å². The minimum atomic E-state index is -0.421. The molecular formula is C28H32N4O2. The number of aromatic nitrogens is 2. The van der Waals surface area contributed by atoms with Gasteiger partial charge in [0.15, 0.2) is 0 Å². The number of nitrogens with one attached hydrogen (secondary N) is 1. The van der Waals surface area contributed by atoms with Gasteiger partial charge in [-0.25, -0.2) is 9.97 Å². The van der Waals surface area contributed by atoms with Crippen molar-refractivity contribution in [3.05, 3.63) is 95.1 Å². The number of carbonyl (C=O) groups is 2. The van der Waals surface area contributed by atoms with Gasteiger partial charge in [-0.05, 0) is 51.2 Å². The van der Waals surface area contributed by atoms with Gasteiger partial charge in [0.1, 0.15) is 6.33 Å². The summed E-state index contributed by atoms with van der Waals surface area (Å²) < 4.78 is 0. The van der Waals surface area contributed by atoms with Crippen molar-refractivity contribution in [2.24, 2.45) is 0 Å². The van der Waals surface area contributed by atoms with Crippen LogP contribution in [0.4, 0.5) is 0 Å². The van der Waals surface area contributed by atoms with Crippen LogP contribution in [0.3, 0.4) is 0 Å². The predicted octanol–water partition coefficient (Wildman–Crippen LogP) is 4.06. The Labute approximate surface area is 201 Å². The summed E-state index contributed by atoms with van der Waals surface area (Å²) in [6.45, 7) is 6.95. The Bertz CT molecular complexity index is 1130. The summed E-state index contributed by atoms with van der Waals surface area (Å²) in [5, 5.41) is 3.15. The van der Waals surface area contributed by atoms with E-state index in [9.17, 15) is 9.59 Å². The van der Waals surface area contributed by atoms with E-state index in [1.54, 1.807) is 0 Å². The zero-order valence-electron chi connectivity index (χ0n) is 20.1. The average Bonchev–Trinajstić information content (AvgIpc) is 2.79. The van der Waals surface area contributed by atoms with E-state index in [-0.39, 0.29) is 17.9 Å². The van der Waals surface area contributed by atoms with Crippen LogP contribution in [0, 0.1) is 13.8 Å². The molecule has 0 spiro atoms. The fraction of sp³-hybridized carbons (Fsp3) is 0.357. The first-order valence-corrected chi connectivity index (χ1v) is 11.8. The topological polar surface area (TPSA) is 75.2 Å². The third-order valence-electron chi connectivity index (χ3n) is 6.56. The highest BCUT2D eigenvalue weighted by atomic mass is 16.2. The molecule has 1 aliphatic rings. The van der Waals surface area contributed by atoms with Crippen LogP contribution in [0.25, 0.3) is 0 Å². The molecule has 0 aliphatic carbocycles. The van der Waals surface area contributed by atoms with E-state index in [0.717, 1.165) is 12.0 Å². The molecule has 1 N–H and O–H groups in total. The number of likely N-dealkylation sites (tertiary alicyclic amines) is 1. The Morgan fingerprint density at radius 1 is 1.03 bits per heavy atom. The molecule has 3 aromatic rings. The van der Waals surface area contributed by atoms with Gasteiger partial charge < -0.3 is 10.2 Å². The molecule has 2 atom stereocenters. The molecule has 6 nitrogen and oxygen atoms in total. The zero-order valence-corrected chi connectivity index (χ0v) is 20.1. The van der Waals surface area contributed by atoms with E-state index < -0.39 is 5.54 Å². The van der Waals surface area contributed by atoms with E-state index in [1.807, 2.05) is 35.2 Å². The van der Waals surface area contributed by atoms with E-state index in [1.165, 1.54) is 35.4 Å². The molecule has 1 fully saturated rings. The molecule has 2 aromatic carbocycles. The lowest BCUT2D eigenvalue weighted by Gasteiger charge is -2.48. The summed E-state index contributed by atoms with van der Waals surface area (Å²) in [6, 6.07) is 16.4. The van der Waals surface area contributed by atoms with Crippen LogP contribution in [0.15, 0.2) is 67.3 Å². The zero-order chi connectivity index (χ0) is 24.1. The SMILES string of the molecule is Cc1cc(C)cc(CC2(C)CC(NC(=O)c3cncnc3)CCN2C(=O)Cc2ccccc2)c1. The number of piperidine rings is 1. The molecule has 0 saturated carbocycles. The number of nitrogens with zero attached hydrogens (tertiary/aromatic N) is 3. The molecule has 0 bridgehead atoms. The number of rotatable bonds is 6. The third-order valence-corrected chi connectivity index (χ3v) is 6.56. The van der Waals surface area contributed by atoms with Crippen LogP contribution in [0.5, 0.6) is 0 Å². The maximum absolute atomic E-state index is 13.5. The Kier molecular flexibility index (Phi) is 7.06. The molecule has 1 saturated heterocycles. The van der Waals surface area contributed by atoms with Crippen molar-refractivity contribution in [1.82, 2.24) is 20.2 Å². The standard InChI is InChI=1S/C28H32N4O2/c1-20-11-21(2)13-23(12-20)15-28(3)16-25(31-27(34)24-17-29-19-30-18-24)9-10-32(28)26(33)14-22-7-5-4-6-8-22/h4-8,11-13,17-19,25H,9-10,14-16H2,1-3H3,(H,31,34). The Balaban J connectivity index is 1.56. The van der Waals surface area contributed by atoms with Crippen LogP contribution >= 0.6 is 0 Å². The van der Waals surface area contributed by atoms with Gasteiger partial charge in [0.25, 0.3) is 5.91 Å². The van der Waals surface area contributed by atoms with E-state index in [4.69, 9.17) is 0 Å². The maximum atomic E-state index is 13.5. The molecule has 6 heteroatoms. The molecule has 4 rings (SSSR count). The van der Waals surface area contributed by atoms with Gasteiger partial charge in [0.05, 0.1) is 12.0 Å². The smallest absolute Gasteiger partial charge is 0.254 e. The second-order valence-electron chi connectivity index (χ2n) is 9.67. The summed E-state index contributed by atoms with van der Waals surface area (Å²) in [5.74, 6) is -0.0530. The normalized spacial score (nSPS) is 20.1. The number of carbonyl (C=O) groups excluding carboxylic acids is 2. The van der Waals surface area contributed by atoms with Crippen molar-refractivity contribution in [3.63, 3.8) is 0 Å². The fourth-order valence-corrected chi connectivity index (χ4v) is 5.18. The average molecular weight is 457 g/mol. The second kappa shape index (κ2) is 10.2. The number of hydrogen-bond acceptors (Lipinski definition) is 4. The number of benzene rings is 2. The molecule has 2 amide bonds. The van der Waals surface area contributed by atoms with Gasteiger partial charge >= 0.3 is 0 Å². The van der Waals surface area contributed by atoms with Gasteiger partial charge in [0.2, 0.25) is 5.91 Å². The number of hydrogen-bond donors (Lipinski definition) is 1. The van der Waals surface area contributed by atoms with Crippen molar-refractivity contribution in [2.75, 3.05) is 6.54 Å². The Hall–Kier alpha value is -3.54. The third kappa shape index (κ3) is 5.68. The van der Waals surface area contributed by atoms with Crippen LogP contribution in [0.1, 0.15) is 52.4 Å². The van der Waals surface area contributed by atoms with E-state index in [2.05, 4.69) is 54.3 Å². The predicted molar refractivity (Wildman–Crippen MR) is 132 cm³/mol. The summed E-state index contributed by atoms with van der Waals surface area (Å²) in [4.78, 5) is 36.2. The van der Waals surface area contributed by atoms with Crippen molar-refractivity contribution >= 4 is 11.8 Å². The van der Waals surface area contributed by atoms with Crippen molar-refractivity contribution in [1.29, 1.82) is 0 Å². The van der Waals surface area contributed by atoms with Crippen molar-refractivity contribution in [2.45, 2.75) is 58.0 Å². The lowest BCUT2D eigenvalue weighted by Crippen LogP contribution is -2.60. The monoisotopic (exact) mass is 456 g/mol. The highest BCUT2D eigenvalue weighted by Crippen LogP contribution is 2.33. The van der Waals surface area contributed by atoms with Gasteiger partial charge in [0, 0.05) is 30.5 Å². The van der Waals surface area contributed by atoms with Gasteiger partial charge in [-0.15, -0.1) is 0 Å². The molecule has 1 aliphatic heterocycles. The summed E-state index contributed by atoms with van der Waals surface area (Å²) >= 11 is 0. The largest absolute Gasteiger partial charge is 0.349 e. The van der Waals surface area contributed by atoms with Gasteiger partial charge in [-0.2, -0.15) is 0 Å². The molecule has 0 radical (unpaired) electrons. The minimum absolute atomic E-state index is 0.0376.